The Morgan fingerprint density at radius 3 is 2.95 bits per heavy atom. The van der Waals surface area contributed by atoms with Crippen LogP contribution in [0.1, 0.15) is 28.6 Å². The number of rotatable bonds is 3. The molecule has 0 fully saturated rings. The van der Waals surface area contributed by atoms with Gasteiger partial charge in [-0.05, 0) is 24.6 Å². The second-order valence-corrected chi connectivity index (χ2v) is 5.66. The van der Waals surface area contributed by atoms with Gasteiger partial charge in [-0.3, -0.25) is 9.20 Å². The summed E-state index contributed by atoms with van der Waals surface area (Å²) in [7, 11) is 0. The van der Waals surface area contributed by atoms with E-state index in [-0.39, 0.29) is 11.1 Å². The van der Waals surface area contributed by atoms with Crippen molar-refractivity contribution in [3.05, 3.63) is 45.2 Å². The maximum atomic E-state index is 12.4. The molecule has 0 amide bonds. The zero-order chi connectivity index (χ0) is 14.3. The van der Waals surface area contributed by atoms with E-state index >= 15 is 0 Å². The third-order valence-electron chi connectivity index (χ3n) is 3.10. The quantitative estimate of drug-likeness (QED) is 0.804. The van der Waals surface area contributed by atoms with Crippen molar-refractivity contribution in [1.29, 1.82) is 0 Å². The molecule has 6 heteroatoms. The number of aryl methyl sites for hydroxylation is 1. The van der Waals surface area contributed by atoms with Crippen molar-refractivity contribution in [3.63, 3.8) is 0 Å². The first-order chi connectivity index (χ1) is 9.60. The zero-order valence-corrected chi connectivity index (χ0v) is 11.6. The molecule has 5 nitrogen and oxygen atoms in total. The summed E-state index contributed by atoms with van der Waals surface area (Å²) in [4.78, 5) is 29.7. The molecule has 0 saturated carbocycles. The van der Waals surface area contributed by atoms with E-state index in [1.54, 1.807) is 6.07 Å². The Kier molecular flexibility index (Phi) is 3.02. The van der Waals surface area contributed by atoms with Crippen LogP contribution in [0.5, 0.6) is 0 Å². The van der Waals surface area contributed by atoms with Gasteiger partial charge in [0.05, 0.1) is 10.9 Å². The van der Waals surface area contributed by atoms with E-state index in [1.165, 1.54) is 28.0 Å². The molecule has 0 aliphatic rings. The van der Waals surface area contributed by atoms with Gasteiger partial charge in [-0.15, -0.1) is 11.3 Å². The average Bonchev–Trinajstić information content (AvgIpc) is 2.82. The Morgan fingerprint density at radius 1 is 1.45 bits per heavy atom. The Bertz CT molecular complexity index is 879. The highest BCUT2D eigenvalue weighted by molar-refractivity contribution is 7.18. The molecule has 20 heavy (non-hydrogen) atoms. The summed E-state index contributed by atoms with van der Waals surface area (Å²) in [6.45, 7) is 2.08. The number of nitrogens with zero attached hydrogens (tertiary/aromatic N) is 2. The van der Waals surface area contributed by atoms with E-state index in [9.17, 15) is 9.59 Å². The summed E-state index contributed by atoms with van der Waals surface area (Å²) in [6.07, 6.45) is 3.25. The molecule has 1 N–H and O–H groups in total. The monoisotopic (exact) mass is 288 g/mol. The number of thiophene rings is 1. The summed E-state index contributed by atoms with van der Waals surface area (Å²) >= 11 is 1.52. The predicted octanol–water partition coefficient (Wildman–Crippen LogP) is 2.56. The number of aromatic carboxylic acids is 1. The van der Waals surface area contributed by atoms with Crippen molar-refractivity contribution >= 4 is 33.2 Å². The molecule has 0 atom stereocenters. The number of fused-ring (bicyclic) bond motifs is 2. The van der Waals surface area contributed by atoms with Crippen LogP contribution in [-0.2, 0) is 6.42 Å². The Morgan fingerprint density at radius 2 is 2.25 bits per heavy atom. The Balaban J connectivity index is 2.33. The van der Waals surface area contributed by atoms with Crippen LogP contribution in [0.25, 0.3) is 15.9 Å². The molecular weight excluding hydrogens is 276 g/mol. The summed E-state index contributed by atoms with van der Waals surface area (Å²) in [5.74, 6) is -1.06. The number of carboxylic acid groups (broad SMARTS) is 1. The topological polar surface area (TPSA) is 71.7 Å². The molecule has 0 radical (unpaired) electrons. The van der Waals surface area contributed by atoms with Crippen LogP contribution < -0.4 is 5.56 Å². The second-order valence-electron chi connectivity index (χ2n) is 4.55. The van der Waals surface area contributed by atoms with Crippen molar-refractivity contribution in [3.8, 4) is 0 Å². The third-order valence-corrected chi connectivity index (χ3v) is 4.19. The van der Waals surface area contributed by atoms with Gasteiger partial charge < -0.3 is 5.11 Å². The van der Waals surface area contributed by atoms with Crippen LogP contribution in [0.2, 0.25) is 0 Å². The second kappa shape index (κ2) is 4.72. The molecule has 0 aliphatic carbocycles. The number of hydrogen-bond donors (Lipinski definition) is 1. The van der Waals surface area contributed by atoms with Gasteiger partial charge in [-0.25, -0.2) is 9.78 Å². The van der Waals surface area contributed by atoms with Gasteiger partial charge in [-0.1, -0.05) is 13.3 Å². The van der Waals surface area contributed by atoms with Gasteiger partial charge in [0.15, 0.2) is 0 Å². The highest BCUT2D eigenvalue weighted by atomic mass is 32.1. The van der Waals surface area contributed by atoms with Crippen LogP contribution in [0.15, 0.2) is 29.2 Å². The van der Waals surface area contributed by atoms with E-state index in [1.807, 2.05) is 6.07 Å². The number of hydrogen-bond acceptors (Lipinski definition) is 4. The number of aromatic nitrogens is 2. The van der Waals surface area contributed by atoms with Gasteiger partial charge in [-0.2, -0.15) is 0 Å². The minimum absolute atomic E-state index is 0.0739. The first-order valence-corrected chi connectivity index (χ1v) is 7.10. The molecule has 3 aromatic heterocycles. The standard InChI is InChI=1S/C14H12N2O3S/c1-2-3-9-6-10-12(20-9)15-11-5-4-8(14(18)19)7-16(11)13(10)17/h4-7H,2-3H2,1H3,(H,18,19). The largest absolute Gasteiger partial charge is 0.478 e. The maximum Gasteiger partial charge on any atom is 0.337 e. The molecule has 0 bridgehead atoms. The van der Waals surface area contributed by atoms with Crippen molar-refractivity contribution in [2.75, 3.05) is 0 Å². The normalized spacial score (nSPS) is 11.2. The molecule has 0 aromatic carbocycles. The Labute approximate surface area is 118 Å². The fourth-order valence-electron chi connectivity index (χ4n) is 2.14. The molecule has 3 aromatic rings. The molecule has 0 aliphatic heterocycles. The van der Waals surface area contributed by atoms with E-state index in [4.69, 9.17) is 5.11 Å². The van der Waals surface area contributed by atoms with Crippen molar-refractivity contribution < 1.29 is 9.90 Å². The van der Waals surface area contributed by atoms with Crippen molar-refractivity contribution in [1.82, 2.24) is 9.38 Å². The lowest BCUT2D eigenvalue weighted by Crippen LogP contribution is -2.15. The molecule has 0 spiro atoms. The third kappa shape index (κ3) is 1.98. The highest BCUT2D eigenvalue weighted by Gasteiger charge is 2.11. The van der Waals surface area contributed by atoms with Crippen LogP contribution in [0.3, 0.4) is 0 Å². The van der Waals surface area contributed by atoms with Gasteiger partial charge >= 0.3 is 5.97 Å². The molecule has 102 valence electrons. The summed E-state index contributed by atoms with van der Waals surface area (Å²) in [6, 6.07) is 4.87. The highest BCUT2D eigenvalue weighted by Crippen LogP contribution is 2.23. The zero-order valence-electron chi connectivity index (χ0n) is 10.8. The lowest BCUT2D eigenvalue weighted by Gasteiger charge is -2.01. The number of carbonyl (C=O) groups is 1. The fraction of sp³-hybridized carbons (Fsp3) is 0.214. The van der Waals surface area contributed by atoms with E-state index in [0.29, 0.717) is 15.9 Å². The first-order valence-electron chi connectivity index (χ1n) is 6.28. The van der Waals surface area contributed by atoms with Crippen LogP contribution in [0, 0.1) is 0 Å². The molecule has 3 rings (SSSR count). The molecular formula is C14H12N2O3S. The minimum Gasteiger partial charge on any atom is -0.478 e. The fourth-order valence-corrected chi connectivity index (χ4v) is 3.27. The first kappa shape index (κ1) is 12.8. The van der Waals surface area contributed by atoms with Gasteiger partial charge in [0.25, 0.3) is 5.56 Å². The minimum atomic E-state index is -1.06. The van der Waals surface area contributed by atoms with Crippen LogP contribution >= 0.6 is 11.3 Å². The summed E-state index contributed by atoms with van der Waals surface area (Å²) in [5.41, 5.74) is 0.328. The number of pyridine rings is 1. The van der Waals surface area contributed by atoms with Crippen molar-refractivity contribution in [2.45, 2.75) is 19.8 Å². The van der Waals surface area contributed by atoms with Crippen LogP contribution in [-0.4, -0.2) is 20.5 Å². The lowest BCUT2D eigenvalue weighted by molar-refractivity contribution is 0.0696. The van der Waals surface area contributed by atoms with Gasteiger partial charge in [0, 0.05) is 11.1 Å². The maximum absolute atomic E-state index is 12.4. The van der Waals surface area contributed by atoms with E-state index in [2.05, 4.69) is 11.9 Å². The van der Waals surface area contributed by atoms with E-state index < -0.39 is 5.97 Å². The molecule has 3 heterocycles. The number of carboxylic acids is 1. The van der Waals surface area contributed by atoms with Crippen LogP contribution in [0.4, 0.5) is 0 Å². The Hall–Kier alpha value is -2.21. The van der Waals surface area contributed by atoms with Crippen molar-refractivity contribution in [2.24, 2.45) is 0 Å². The molecule has 0 saturated heterocycles. The summed E-state index contributed by atoms with van der Waals surface area (Å²) < 4.78 is 1.30. The smallest absolute Gasteiger partial charge is 0.337 e. The lowest BCUT2D eigenvalue weighted by atomic mass is 10.2. The average molecular weight is 288 g/mol. The summed E-state index contributed by atoms with van der Waals surface area (Å²) in [5, 5.41) is 9.54. The predicted molar refractivity (Wildman–Crippen MR) is 77.8 cm³/mol. The SMILES string of the molecule is CCCc1cc2c(=O)n3cc(C(=O)O)ccc3nc2s1. The molecule has 0 unspecified atom stereocenters. The van der Waals surface area contributed by atoms with Gasteiger partial charge in [0.2, 0.25) is 0 Å². The van der Waals surface area contributed by atoms with Gasteiger partial charge in [0.1, 0.15) is 10.5 Å². The van der Waals surface area contributed by atoms with E-state index in [0.717, 1.165) is 17.7 Å².